The van der Waals surface area contributed by atoms with Crippen molar-refractivity contribution in [3.05, 3.63) is 140 Å². The van der Waals surface area contributed by atoms with Gasteiger partial charge in [-0.1, -0.05) is 43.0 Å². The summed E-state index contributed by atoms with van der Waals surface area (Å²) >= 11 is 21.2. The molecule has 0 aliphatic rings. The first-order valence-electron chi connectivity index (χ1n) is 19.0. The summed E-state index contributed by atoms with van der Waals surface area (Å²) in [7, 11) is 3.91. The minimum absolute atomic E-state index is 0.106. The van der Waals surface area contributed by atoms with Gasteiger partial charge in [0.15, 0.2) is 19.1 Å². The fraction of sp³-hybridized carbons (Fsp3) is 0.262. The van der Waals surface area contributed by atoms with Crippen LogP contribution in [0, 0.1) is 19.1 Å². The molecule has 4 aromatic carbocycles. The highest BCUT2D eigenvalue weighted by atomic mass is 32.1. The molecule has 6 aromatic rings. The molecule has 2 aromatic heterocycles. The topological polar surface area (TPSA) is 170 Å². The number of aliphatic hydroxyl groups is 2. The average Bonchev–Trinajstić information content (AvgIpc) is 3.76. The van der Waals surface area contributed by atoms with E-state index >= 15 is 0 Å². The Morgan fingerprint density at radius 2 is 1.12 bits per heavy atom. The van der Waals surface area contributed by atoms with Crippen molar-refractivity contribution in [1.82, 2.24) is 29.5 Å². The number of carbonyl (C=O) groups is 1. The third-order valence-corrected chi connectivity index (χ3v) is 11.6. The Hall–Kier alpha value is -5.63. The number of aromatic nitrogens is 6. The van der Waals surface area contributed by atoms with E-state index in [2.05, 4.69) is 42.7 Å². The standard InChI is InChI=1S/C42H48N10O4S4/c1-27(56-48-31-10-7-12-35(26-31)52-39(59)46-47-40(52)60)22-24-50(5)33-20-16-29(17-21-33)42(3,55)41(2,54)28-14-18-32(19-15-28)49(4)23-8-13-36(53)43-30-9-6-11-34(25-30)51-37(57)44-45-38(51)58/h6-7,9-12,14-21,25-26,48,54-55H,1,8,13,22-24H2,2-5H3,(H,43,53)(H,44,57)(H,45,58)(H,46,59)(H,47,60). The number of amides is 1. The van der Waals surface area contributed by atoms with Crippen LogP contribution in [0.3, 0.4) is 0 Å². The predicted molar refractivity (Wildman–Crippen MR) is 247 cm³/mol. The molecule has 0 radical (unpaired) electrons. The van der Waals surface area contributed by atoms with Crippen molar-refractivity contribution in [2.45, 2.75) is 44.3 Å². The van der Waals surface area contributed by atoms with E-state index in [1.54, 1.807) is 23.0 Å². The first-order chi connectivity index (χ1) is 28.5. The first kappa shape index (κ1) is 43.9. The molecular formula is C42H48N10O4S4. The van der Waals surface area contributed by atoms with E-state index in [1.807, 2.05) is 116 Å². The molecule has 2 atom stereocenters. The summed E-state index contributed by atoms with van der Waals surface area (Å²) in [6.07, 6.45) is 1.48. The van der Waals surface area contributed by atoms with Crippen LogP contribution in [0.2, 0.25) is 0 Å². The third-order valence-electron chi connectivity index (χ3n) is 10.5. The van der Waals surface area contributed by atoms with Gasteiger partial charge in [-0.25, -0.2) is 5.48 Å². The molecule has 60 heavy (non-hydrogen) atoms. The first-order valence-corrected chi connectivity index (χ1v) is 20.7. The largest absolute Gasteiger partial charge is 0.387 e. The Morgan fingerprint density at radius 1 is 0.683 bits per heavy atom. The summed E-state index contributed by atoms with van der Waals surface area (Å²) in [5.41, 5.74) is 5.54. The Balaban J connectivity index is 0.970. The molecule has 6 rings (SSSR count). The zero-order valence-electron chi connectivity index (χ0n) is 33.6. The van der Waals surface area contributed by atoms with Gasteiger partial charge in [0, 0.05) is 57.1 Å². The molecule has 314 valence electrons. The van der Waals surface area contributed by atoms with Crippen LogP contribution in [0.4, 0.5) is 22.7 Å². The summed E-state index contributed by atoms with van der Waals surface area (Å²) in [6, 6.07) is 29.7. The van der Waals surface area contributed by atoms with E-state index in [-0.39, 0.29) is 5.91 Å². The molecule has 2 unspecified atom stereocenters. The van der Waals surface area contributed by atoms with Gasteiger partial charge >= 0.3 is 0 Å². The molecule has 0 spiro atoms. The quantitative estimate of drug-likeness (QED) is 0.0236. The number of H-pyrrole nitrogens is 4. The molecular weight excluding hydrogens is 837 g/mol. The van der Waals surface area contributed by atoms with Crippen LogP contribution in [0.5, 0.6) is 0 Å². The van der Waals surface area contributed by atoms with Crippen molar-refractivity contribution in [1.29, 1.82) is 0 Å². The van der Waals surface area contributed by atoms with E-state index in [1.165, 1.54) is 0 Å². The van der Waals surface area contributed by atoms with Crippen LogP contribution in [0.25, 0.3) is 11.4 Å². The van der Waals surface area contributed by atoms with Gasteiger partial charge in [-0.05, 0) is 141 Å². The second-order valence-electron chi connectivity index (χ2n) is 14.7. The zero-order chi connectivity index (χ0) is 43.2. The second kappa shape index (κ2) is 18.7. The van der Waals surface area contributed by atoms with Crippen LogP contribution < -0.4 is 20.6 Å². The number of hydrogen-bond donors (Lipinski definition) is 8. The maximum absolute atomic E-state index is 12.8. The number of nitrogens with zero attached hydrogens (tertiary/aromatic N) is 4. The molecule has 0 saturated carbocycles. The Morgan fingerprint density at radius 3 is 1.60 bits per heavy atom. The lowest BCUT2D eigenvalue weighted by Crippen LogP contribution is -2.45. The minimum atomic E-state index is -1.62. The minimum Gasteiger partial charge on any atom is -0.387 e. The smallest absolute Gasteiger partial charge is 0.224 e. The summed E-state index contributed by atoms with van der Waals surface area (Å²) < 4.78 is 5.18. The van der Waals surface area contributed by atoms with Crippen molar-refractivity contribution < 1.29 is 19.8 Å². The number of benzene rings is 4. The zero-order valence-corrected chi connectivity index (χ0v) is 36.9. The summed E-state index contributed by atoms with van der Waals surface area (Å²) in [6.45, 7) is 8.52. The summed E-state index contributed by atoms with van der Waals surface area (Å²) in [5.74, 6) is 0.439. The van der Waals surface area contributed by atoms with Gasteiger partial charge in [0.25, 0.3) is 0 Å². The summed E-state index contributed by atoms with van der Waals surface area (Å²) in [5, 5.41) is 37.8. The molecule has 14 nitrogen and oxygen atoms in total. The van der Waals surface area contributed by atoms with Crippen LogP contribution in [0.1, 0.15) is 44.2 Å². The molecule has 2 heterocycles. The molecule has 0 bridgehead atoms. The van der Waals surface area contributed by atoms with Gasteiger partial charge in [0.2, 0.25) is 5.91 Å². The lowest BCUT2D eigenvalue weighted by atomic mass is 9.76. The van der Waals surface area contributed by atoms with Crippen molar-refractivity contribution in [3.63, 3.8) is 0 Å². The van der Waals surface area contributed by atoms with Crippen LogP contribution >= 0.6 is 48.9 Å². The summed E-state index contributed by atoms with van der Waals surface area (Å²) in [4.78, 5) is 22.6. The van der Waals surface area contributed by atoms with Crippen LogP contribution in [0.15, 0.2) is 109 Å². The highest BCUT2D eigenvalue weighted by Crippen LogP contribution is 2.41. The highest BCUT2D eigenvalue weighted by Gasteiger charge is 2.44. The van der Waals surface area contributed by atoms with Crippen LogP contribution in [-0.4, -0.2) is 72.8 Å². The molecule has 0 fully saturated rings. The van der Waals surface area contributed by atoms with Crippen molar-refractivity contribution in [3.8, 4) is 11.4 Å². The van der Waals surface area contributed by atoms with Gasteiger partial charge in [0.05, 0.1) is 17.1 Å². The Labute approximate surface area is 368 Å². The monoisotopic (exact) mass is 884 g/mol. The SMILES string of the molecule is C=C(CCN(C)c1ccc(C(C)(O)C(C)(O)c2ccc(N(C)CCCC(=O)Nc3cccc(-n4c(=S)[nH][nH]c4=S)c3)cc2)cc1)ONc1cccc(-n2c(=S)[nH][nH]c2=S)c1. The Kier molecular flexibility index (Phi) is 13.7. The van der Waals surface area contributed by atoms with Crippen LogP contribution in [-0.2, 0) is 20.8 Å². The maximum atomic E-state index is 12.8. The van der Waals surface area contributed by atoms with E-state index in [0.717, 1.165) is 22.7 Å². The van der Waals surface area contributed by atoms with Crippen molar-refractivity contribution in [2.24, 2.45) is 0 Å². The third kappa shape index (κ3) is 10.0. The number of aromatic amines is 4. The molecule has 18 heteroatoms. The lowest BCUT2D eigenvalue weighted by Gasteiger charge is -2.39. The van der Waals surface area contributed by atoms with Crippen molar-refractivity contribution >= 4 is 77.5 Å². The Bertz CT molecular complexity index is 2640. The molecule has 0 saturated heterocycles. The number of rotatable bonds is 18. The van der Waals surface area contributed by atoms with E-state index in [9.17, 15) is 15.0 Å². The van der Waals surface area contributed by atoms with E-state index in [4.69, 9.17) is 53.7 Å². The number of nitrogens with one attached hydrogen (secondary N) is 6. The van der Waals surface area contributed by atoms with Gasteiger partial charge in [-0.15, -0.1) is 0 Å². The average molecular weight is 885 g/mol. The van der Waals surface area contributed by atoms with Crippen molar-refractivity contribution in [2.75, 3.05) is 47.8 Å². The maximum Gasteiger partial charge on any atom is 0.224 e. The fourth-order valence-corrected chi connectivity index (χ4v) is 7.70. The van der Waals surface area contributed by atoms with E-state index in [0.29, 0.717) is 79.7 Å². The van der Waals surface area contributed by atoms with Gasteiger partial charge in [0.1, 0.15) is 17.0 Å². The van der Waals surface area contributed by atoms with Gasteiger partial charge in [-0.2, -0.15) is 0 Å². The predicted octanol–water partition coefficient (Wildman–Crippen LogP) is 8.85. The number of hydrogen-bond acceptors (Lipinski definition) is 11. The molecule has 0 aliphatic carbocycles. The molecule has 8 N–H and O–H groups in total. The lowest BCUT2D eigenvalue weighted by molar-refractivity contribution is -0.143. The number of anilines is 4. The normalized spacial score (nSPS) is 13.2. The highest BCUT2D eigenvalue weighted by molar-refractivity contribution is 7.72. The van der Waals surface area contributed by atoms with E-state index < -0.39 is 11.2 Å². The second-order valence-corrected chi connectivity index (χ2v) is 16.3. The molecule has 0 aliphatic heterocycles. The fourth-order valence-electron chi connectivity index (χ4n) is 6.60. The number of carbonyl (C=O) groups excluding carboxylic acids is 1. The van der Waals surface area contributed by atoms with Gasteiger partial charge < -0.3 is 30.2 Å². The van der Waals surface area contributed by atoms with Gasteiger partial charge in [-0.3, -0.25) is 34.3 Å². The molecule has 1 amide bonds.